The highest BCUT2D eigenvalue weighted by atomic mass is 79.9. The first-order valence-electron chi connectivity index (χ1n) is 5.29. The van der Waals surface area contributed by atoms with E-state index in [1.54, 1.807) is 12.1 Å². The Labute approximate surface area is 116 Å². The summed E-state index contributed by atoms with van der Waals surface area (Å²) in [6, 6.07) is 4.57. The number of aromatic nitrogens is 2. The van der Waals surface area contributed by atoms with Crippen molar-refractivity contribution in [3.05, 3.63) is 40.9 Å². The molecule has 0 amide bonds. The summed E-state index contributed by atoms with van der Waals surface area (Å²) in [5.41, 5.74) is 0.888. The second-order valence-electron chi connectivity index (χ2n) is 3.67. The molecule has 2 aromatic rings. The lowest BCUT2D eigenvalue weighted by Crippen LogP contribution is -2.14. The van der Waals surface area contributed by atoms with Gasteiger partial charge in [0.1, 0.15) is 12.4 Å². The van der Waals surface area contributed by atoms with Crippen LogP contribution in [-0.4, -0.2) is 27.6 Å². The molecular formula is C12H9BrFN3O2. The first kappa shape index (κ1) is 13.4. The molecule has 0 aliphatic heterocycles. The molecule has 0 fully saturated rings. The van der Waals surface area contributed by atoms with Crippen molar-refractivity contribution in [2.45, 2.75) is 0 Å². The molecule has 2 N–H and O–H groups in total. The third kappa shape index (κ3) is 3.47. The number of hydrogen-bond donors (Lipinski definition) is 2. The topological polar surface area (TPSA) is 75.1 Å². The van der Waals surface area contributed by atoms with Crippen LogP contribution in [0, 0.1) is 5.82 Å². The minimum Gasteiger partial charge on any atom is -0.480 e. The standard InChI is InChI=1S/C12H9BrFN3O2/c13-8-1-2-10(14)9(3-8)7-4-15-12(16-5-7)17-6-11(18)19/h1-5H,6H2,(H,18,19)(H,15,16,17). The van der Waals surface area contributed by atoms with E-state index in [1.807, 2.05) is 0 Å². The monoisotopic (exact) mass is 325 g/mol. The van der Waals surface area contributed by atoms with Crippen LogP contribution >= 0.6 is 15.9 Å². The Kier molecular flexibility index (Phi) is 4.06. The van der Waals surface area contributed by atoms with Crippen LogP contribution in [0.1, 0.15) is 0 Å². The Morgan fingerprint density at radius 3 is 2.68 bits per heavy atom. The molecule has 2 rings (SSSR count). The molecule has 0 saturated carbocycles. The second kappa shape index (κ2) is 5.75. The van der Waals surface area contributed by atoms with Gasteiger partial charge in [0.15, 0.2) is 0 Å². The van der Waals surface area contributed by atoms with E-state index in [1.165, 1.54) is 18.5 Å². The fourth-order valence-electron chi connectivity index (χ4n) is 1.43. The number of hydrogen-bond acceptors (Lipinski definition) is 4. The number of rotatable bonds is 4. The lowest BCUT2D eigenvalue weighted by atomic mass is 10.1. The Morgan fingerprint density at radius 2 is 2.05 bits per heavy atom. The molecule has 0 unspecified atom stereocenters. The maximum atomic E-state index is 13.6. The van der Waals surface area contributed by atoms with Gasteiger partial charge in [-0.05, 0) is 18.2 Å². The van der Waals surface area contributed by atoms with Crippen molar-refractivity contribution < 1.29 is 14.3 Å². The van der Waals surface area contributed by atoms with Crippen LogP contribution in [0.4, 0.5) is 10.3 Å². The van der Waals surface area contributed by atoms with Gasteiger partial charge in [-0.3, -0.25) is 4.79 Å². The van der Waals surface area contributed by atoms with Gasteiger partial charge in [0.2, 0.25) is 5.95 Å². The molecule has 0 aliphatic rings. The predicted molar refractivity (Wildman–Crippen MR) is 71.3 cm³/mol. The van der Waals surface area contributed by atoms with E-state index < -0.39 is 5.97 Å². The number of benzene rings is 1. The van der Waals surface area contributed by atoms with E-state index >= 15 is 0 Å². The summed E-state index contributed by atoms with van der Waals surface area (Å²) >= 11 is 3.26. The third-order valence-electron chi connectivity index (χ3n) is 2.29. The molecule has 0 atom stereocenters. The maximum Gasteiger partial charge on any atom is 0.322 e. The molecule has 0 radical (unpaired) electrons. The number of halogens is 2. The predicted octanol–water partition coefficient (Wildman–Crippen LogP) is 2.54. The first-order chi connectivity index (χ1) is 9.06. The van der Waals surface area contributed by atoms with Crippen molar-refractivity contribution >= 4 is 27.8 Å². The van der Waals surface area contributed by atoms with Gasteiger partial charge < -0.3 is 10.4 Å². The van der Waals surface area contributed by atoms with E-state index in [-0.39, 0.29) is 18.3 Å². The second-order valence-corrected chi connectivity index (χ2v) is 4.58. The molecule has 98 valence electrons. The number of nitrogens with zero attached hydrogens (tertiary/aromatic N) is 2. The average Bonchev–Trinajstić information content (AvgIpc) is 2.40. The molecular weight excluding hydrogens is 317 g/mol. The zero-order valence-corrected chi connectivity index (χ0v) is 11.2. The van der Waals surface area contributed by atoms with E-state index in [4.69, 9.17) is 5.11 Å². The largest absolute Gasteiger partial charge is 0.480 e. The van der Waals surface area contributed by atoms with Gasteiger partial charge in [-0.2, -0.15) is 0 Å². The van der Waals surface area contributed by atoms with E-state index in [9.17, 15) is 9.18 Å². The van der Waals surface area contributed by atoms with Crippen LogP contribution < -0.4 is 5.32 Å². The summed E-state index contributed by atoms with van der Waals surface area (Å²) in [7, 11) is 0. The SMILES string of the molecule is O=C(O)CNc1ncc(-c2cc(Br)ccc2F)cn1. The van der Waals surface area contributed by atoms with Crippen molar-refractivity contribution in [2.75, 3.05) is 11.9 Å². The van der Waals surface area contributed by atoms with E-state index in [2.05, 4.69) is 31.2 Å². The molecule has 5 nitrogen and oxygen atoms in total. The highest BCUT2D eigenvalue weighted by Gasteiger charge is 2.07. The molecule has 19 heavy (non-hydrogen) atoms. The number of anilines is 1. The van der Waals surface area contributed by atoms with Crippen LogP contribution in [0.2, 0.25) is 0 Å². The van der Waals surface area contributed by atoms with E-state index in [0.717, 1.165) is 4.47 Å². The normalized spacial score (nSPS) is 10.2. The van der Waals surface area contributed by atoms with Crippen LogP contribution in [0.5, 0.6) is 0 Å². The fourth-order valence-corrected chi connectivity index (χ4v) is 1.79. The van der Waals surface area contributed by atoms with Gasteiger partial charge in [-0.1, -0.05) is 15.9 Å². The number of carboxylic acid groups (broad SMARTS) is 1. The first-order valence-corrected chi connectivity index (χ1v) is 6.08. The smallest absolute Gasteiger partial charge is 0.322 e. The highest BCUT2D eigenvalue weighted by molar-refractivity contribution is 9.10. The van der Waals surface area contributed by atoms with Gasteiger partial charge in [-0.15, -0.1) is 0 Å². The minimum atomic E-state index is -1.01. The Morgan fingerprint density at radius 1 is 1.37 bits per heavy atom. The van der Waals surface area contributed by atoms with Gasteiger partial charge in [-0.25, -0.2) is 14.4 Å². The Balaban J connectivity index is 2.22. The zero-order valence-electron chi connectivity index (χ0n) is 9.60. The summed E-state index contributed by atoms with van der Waals surface area (Å²) in [5, 5.41) is 11.0. The summed E-state index contributed by atoms with van der Waals surface area (Å²) in [4.78, 5) is 18.2. The number of carboxylic acids is 1. The molecule has 0 aliphatic carbocycles. The maximum absolute atomic E-state index is 13.6. The zero-order chi connectivity index (χ0) is 13.8. The summed E-state index contributed by atoms with van der Waals surface area (Å²) < 4.78 is 14.4. The van der Waals surface area contributed by atoms with Crippen molar-refractivity contribution in [1.82, 2.24) is 9.97 Å². The van der Waals surface area contributed by atoms with Crippen LogP contribution in [-0.2, 0) is 4.79 Å². The fraction of sp³-hybridized carbons (Fsp3) is 0.0833. The van der Waals surface area contributed by atoms with E-state index in [0.29, 0.717) is 11.1 Å². The molecule has 7 heteroatoms. The van der Waals surface area contributed by atoms with Crippen molar-refractivity contribution in [3.63, 3.8) is 0 Å². The van der Waals surface area contributed by atoms with Gasteiger partial charge in [0.05, 0.1) is 0 Å². The Hall–Kier alpha value is -2.02. The quantitative estimate of drug-likeness (QED) is 0.903. The molecule has 1 aromatic carbocycles. The van der Waals surface area contributed by atoms with Gasteiger partial charge >= 0.3 is 5.97 Å². The van der Waals surface area contributed by atoms with Gasteiger partial charge in [0.25, 0.3) is 0 Å². The molecule has 0 bridgehead atoms. The third-order valence-corrected chi connectivity index (χ3v) is 2.78. The lowest BCUT2D eigenvalue weighted by Gasteiger charge is -2.05. The molecule has 0 spiro atoms. The molecule has 0 saturated heterocycles. The van der Waals surface area contributed by atoms with Crippen LogP contribution in [0.25, 0.3) is 11.1 Å². The average molecular weight is 326 g/mol. The summed E-state index contributed by atoms with van der Waals surface area (Å²) in [5.74, 6) is -1.20. The lowest BCUT2D eigenvalue weighted by molar-refractivity contribution is -0.134. The number of aliphatic carboxylic acids is 1. The van der Waals surface area contributed by atoms with Crippen molar-refractivity contribution in [2.24, 2.45) is 0 Å². The summed E-state index contributed by atoms with van der Waals surface area (Å²) in [6.07, 6.45) is 2.87. The van der Waals surface area contributed by atoms with Crippen molar-refractivity contribution in [1.29, 1.82) is 0 Å². The van der Waals surface area contributed by atoms with Crippen molar-refractivity contribution in [3.8, 4) is 11.1 Å². The Bertz CT molecular complexity index is 604. The highest BCUT2D eigenvalue weighted by Crippen LogP contribution is 2.25. The van der Waals surface area contributed by atoms with Gasteiger partial charge in [0, 0.05) is 28.0 Å². The summed E-state index contributed by atoms with van der Waals surface area (Å²) in [6.45, 7) is -0.273. The number of nitrogens with one attached hydrogen (secondary N) is 1. The van der Waals surface area contributed by atoms with Crippen LogP contribution in [0.3, 0.4) is 0 Å². The molecule has 1 aromatic heterocycles. The molecule has 1 heterocycles. The van der Waals surface area contributed by atoms with Crippen LogP contribution in [0.15, 0.2) is 35.1 Å². The number of carbonyl (C=O) groups is 1. The minimum absolute atomic E-state index is 0.182.